The van der Waals surface area contributed by atoms with E-state index in [1.165, 1.54) is 18.3 Å². The Morgan fingerprint density at radius 3 is 2.21 bits per heavy atom. The first-order valence-corrected chi connectivity index (χ1v) is 13.2. The highest BCUT2D eigenvalue weighted by atomic mass is 19.4. The first-order valence-electron chi connectivity index (χ1n) is 13.2. The van der Waals surface area contributed by atoms with Crippen molar-refractivity contribution in [2.75, 3.05) is 5.32 Å². The highest BCUT2D eigenvalue weighted by molar-refractivity contribution is 6.09. The van der Waals surface area contributed by atoms with Crippen LogP contribution in [0.4, 0.5) is 18.9 Å². The van der Waals surface area contributed by atoms with E-state index in [2.05, 4.69) is 15.6 Å². The number of carbonyl (C=O) groups is 3. The van der Waals surface area contributed by atoms with Crippen molar-refractivity contribution in [2.45, 2.75) is 18.6 Å². The number of benzene rings is 4. The number of primary amides is 1. The van der Waals surface area contributed by atoms with Crippen molar-refractivity contribution >= 4 is 34.3 Å². The third-order valence-corrected chi connectivity index (χ3v) is 6.83. The van der Waals surface area contributed by atoms with Crippen LogP contribution >= 0.6 is 0 Å². The van der Waals surface area contributed by atoms with Crippen molar-refractivity contribution < 1.29 is 27.6 Å². The number of halogens is 3. The van der Waals surface area contributed by atoms with Crippen LogP contribution in [0.5, 0.6) is 0 Å². The SMILES string of the molecule is NC(=O)C(Cc1ccccc1)NC(=O)c1cnc2cc(NC(=O)c3ccccc3-c3ccc(C(F)(F)F)cc3)ccc2c1. The Labute approximate surface area is 244 Å². The Hall–Kier alpha value is -5.51. The molecule has 10 heteroatoms. The zero-order chi connectivity index (χ0) is 30.6. The summed E-state index contributed by atoms with van der Waals surface area (Å²) in [6.45, 7) is 0. The normalized spacial score (nSPS) is 12.0. The molecule has 0 saturated carbocycles. The van der Waals surface area contributed by atoms with Crippen LogP contribution in [0.15, 0.2) is 109 Å². The Balaban J connectivity index is 1.31. The summed E-state index contributed by atoms with van der Waals surface area (Å²) in [6.07, 6.45) is -2.85. The van der Waals surface area contributed by atoms with Gasteiger partial charge in [0.15, 0.2) is 0 Å². The molecule has 0 aliphatic heterocycles. The maximum absolute atomic E-state index is 13.2. The van der Waals surface area contributed by atoms with Gasteiger partial charge in [-0.1, -0.05) is 66.7 Å². The molecule has 216 valence electrons. The fourth-order valence-corrected chi connectivity index (χ4v) is 4.61. The third-order valence-electron chi connectivity index (χ3n) is 6.83. The van der Waals surface area contributed by atoms with Gasteiger partial charge in [0.05, 0.1) is 16.6 Å². The van der Waals surface area contributed by atoms with Crippen molar-refractivity contribution in [3.05, 3.63) is 132 Å². The summed E-state index contributed by atoms with van der Waals surface area (Å²) in [6, 6.07) is 26.1. The largest absolute Gasteiger partial charge is 0.416 e. The summed E-state index contributed by atoms with van der Waals surface area (Å²) < 4.78 is 39.0. The lowest BCUT2D eigenvalue weighted by molar-refractivity contribution is -0.137. The van der Waals surface area contributed by atoms with Crippen molar-refractivity contribution in [3.63, 3.8) is 0 Å². The highest BCUT2D eigenvalue weighted by Crippen LogP contribution is 2.32. The second-order valence-corrected chi connectivity index (χ2v) is 9.82. The summed E-state index contributed by atoms with van der Waals surface area (Å²) in [5.74, 6) is -1.63. The van der Waals surface area contributed by atoms with Crippen LogP contribution in [0.3, 0.4) is 0 Å². The summed E-state index contributed by atoms with van der Waals surface area (Å²) in [5.41, 5.74) is 7.97. The van der Waals surface area contributed by atoms with Crippen molar-refractivity contribution in [2.24, 2.45) is 5.73 Å². The molecule has 1 atom stereocenters. The summed E-state index contributed by atoms with van der Waals surface area (Å²) >= 11 is 0. The molecular weight excluding hydrogens is 557 g/mol. The number of nitrogens with two attached hydrogens (primary N) is 1. The van der Waals surface area contributed by atoms with Crippen LogP contribution in [0.1, 0.15) is 31.8 Å². The van der Waals surface area contributed by atoms with Crippen molar-refractivity contribution in [3.8, 4) is 11.1 Å². The molecule has 3 amide bonds. The molecule has 4 N–H and O–H groups in total. The van der Waals surface area contributed by atoms with Crippen LogP contribution in [0.25, 0.3) is 22.0 Å². The summed E-state index contributed by atoms with van der Waals surface area (Å²) in [7, 11) is 0. The van der Waals surface area contributed by atoms with Crippen molar-refractivity contribution in [1.29, 1.82) is 0 Å². The summed E-state index contributed by atoms with van der Waals surface area (Å²) in [5, 5.41) is 6.09. The number of rotatable bonds is 8. The van der Waals surface area contributed by atoms with Gasteiger partial charge in [-0.05, 0) is 53.1 Å². The van der Waals surface area contributed by atoms with Gasteiger partial charge in [-0.15, -0.1) is 0 Å². The quantitative estimate of drug-likeness (QED) is 0.208. The minimum Gasteiger partial charge on any atom is -0.368 e. The lowest BCUT2D eigenvalue weighted by Gasteiger charge is -2.16. The molecule has 0 aliphatic rings. The number of aromatic nitrogens is 1. The molecule has 0 radical (unpaired) electrons. The molecule has 5 aromatic rings. The number of fused-ring (bicyclic) bond motifs is 1. The van der Waals surface area contributed by atoms with Crippen LogP contribution in [0, 0.1) is 0 Å². The molecule has 1 aromatic heterocycles. The standard InChI is InChI=1S/C33H25F3N4O3/c34-33(35,36)24-13-10-21(11-14-24)26-8-4-5-9-27(26)32(43)39-25-15-12-22-17-23(19-38-28(22)18-25)31(42)40-29(30(37)41)16-20-6-2-1-3-7-20/h1-15,17-19,29H,16H2,(H2,37,41)(H,39,43)(H,40,42). The molecule has 7 nitrogen and oxygen atoms in total. The van der Waals surface area contributed by atoms with E-state index in [9.17, 15) is 27.6 Å². The molecule has 1 unspecified atom stereocenters. The van der Waals surface area contributed by atoms with Gasteiger partial charge in [0, 0.05) is 29.3 Å². The van der Waals surface area contributed by atoms with E-state index in [0.29, 0.717) is 27.7 Å². The highest BCUT2D eigenvalue weighted by Gasteiger charge is 2.30. The number of pyridine rings is 1. The minimum absolute atomic E-state index is 0.231. The van der Waals surface area contributed by atoms with Gasteiger partial charge in [0.1, 0.15) is 6.04 Å². The molecular formula is C33H25F3N4O3. The molecule has 0 saturated heterocycles. The average Bonchev–Trinajstić information content (AvgIpc) is 3.00. The van der Waals surface area contributed by atoms with Gasteiger partial charge >= 0.3 is 6.18 Å². The molecule has 5 rings (SSSR count). The lowest BCUT2D eigenvalue weighted by atomic mass is 9.98. The Morgan fingerprint density at radius 2 is 1.51 bits per heavy atom. The number of hydrogen-bond acceptors (Lipinski definition) is 4. The first-order chi connectivity index (χ1) is 20.6. The molecule has 4 aromatic carbocycles. The van der Waals surface area contributed by atoms with Gasteiger partial charge in [0.25, 0.3) is 11.8 Å². The fourth-order valence-electron chi connectivity index (χ4n) is 4.61. The van der Waals surface area contributed by atoms with E-state index in [4.69, 9.17) is 5.73 Å². The maximum atomic E-state index is 13.2. The van der Waals surface area contributed by atoms with Crippen molar-refractivity contribution in [1.82, 2.24) is 10.3 Å². The number of anilines is 1. The molecule has 0 fully saturated rings. The van der Waals surface area contributed by atoms with Crippen LogP contribution < -0.4 is 16.4 Å². The van der Waals surface area contributed by atoms with E-state index in [1.807, 2.05) is 30.3 Å². The van der Waals surface area contributed by atoms with E-state index < -0.39 is 35.5 Å². The molecule has 43 heavy (non-hydrogen) atoms. The second kappa shape index (κ2) is 12.2. The fraction of sp³-hybridized carbons (Fsp3) is 0.0909. The predicted molar refractivity (Wildman–Crippen MR) is 157 cm³/mol. The second-order valence-electron chi connectivity index (χ2n) is 9.82. The minimum atomic E-state index is -4.46. The van der Waals surface area contributed by atoms with Gasteiger partial charge in [-0.2, -0.15) is 13.2 Å². The van der Waals surface area contributed by atoms with Gasteiger partial charge < -0.3 is 16.4 Å². The Bertz CT molecular complexity index is 1810. The zero-order valence-corrected chi connectivity index (χ0v) is 22.6. The molecule has 0 spiro atoms. The topological polar surface area (TPSA) is 114 Å². The van der Waals surface area contributed by atoms with E-state index in [0.717, 1.165) is 17.7 Å². The monoisotopic (exact) mass is 582 g/mol. The number of nitrogens with zero attached hydrogens (tertiary/aromatic N) is 1. The number of hydrogen-bond donors (Lipinski definition) is 3. The first kappa shape index (κ1) is 29.0. The van der Waals surface area contributed by atoms with Gasteiger partial charge in [0.2, 0.25) is 5.91 Å². The predicted octanol–water partition coefficient (Wildman–Crippen LogP) is 6.00. The Morgan fingerprint density at radius 1 is 0.814 bits per heavy atom. The van der Waals surface area contributed by atoms with Gasteiger partial charge in [-0.25, -0.2) is 0 Å². The summed E-state index contributed by atoms with van der Waals surface area (Å²) in [4.78, 5) is 42.4. The molecule has 0 bridgehead atoms. The maximum Gasteiger partial charge on any atom is 0.416 e. The Kier molecular flexibility index (Phi) is 8.20. The number of alkyl halides is 3. The number of amides is 3. The van der Waals surface area contributed by atoms with Crippen LogP contribution in [0.2, 0.25) is 0 Å². The zero-order valence-electron chi connectivity index (χ0n) is 22.6. The molecule has 1 heterocycles. The van der Waals surface area contributed by atoms with E-state index in [-0.39, 0.29) is 17.5 Å². The van der Waals surface area contributed by atoms with E-state index >= 15 is 0 Å². The van der Waals surface area contributed by atoms with Crippen LogP contribution in [-0.2, 0) is 17.4 Å². The number of nitrogens with one attached hydrogen (secondary N) is 2. The van der Waals surface area contributed by atoms with Gasteiger partial charge in [-0.3, -0.25) is 19.4 Å². The number of carbonyl (C=O) groups excluding carboxylic acids is 3. The molecule has 0 aliphatic carbocycles. The smallest absolute Gasteiger partial charge is 0.368 e. The third kappa shape index (κ3) is 6.87. The van der Waals surface area contributed by atoms with E-state index in [1.54, 1.807) is 48.5 Å². The average molecular weight is 583 g/mol. The lowest BCUT2D eigenvalue weighted by Crippen LogP contribution is -2.45. The van der Waals surface area contributed by atoms with Crippen LogP contribution in [-0.4, -0.2) is 28.7 Å².